The maximum absolute atomic E-state index is 10.7. The molecule has 7 nitrogen and oxygen atoms in total. The van der Waals surface area contributed by atoms with Crippen molar-refractivity contribution in [3.05, 3.63) is 0 Å². The molecule has 0 bridgehead atoms. The summed E-state index contributed by atoms with van der Waals surface area (Å²) in [5, 5.41) is 0. The second-order valence-electron chi connectivity index (χ2n) is 1.91. The minimum absolute atomic E-state index is 0.183. The van der Waals surface area contributed by atoms with Crippen LogP contribution in [0.5, 0.6) is 0 Å². The van der Waals surface area contributed by atoms with Gasteiger partial charge in [-0.1, -0.05) is 0 Å². The van der Waals surface area contributed by atoms with E-state index in [-0.39, 0.29) is 11.9 Å². The highest BCUT2D eigenvalue weighted by atomic mass is 32.2. The number of guanidine groups is 2. The molecule has 62 valence electrons. The molecule has 0 fully saturated rings. The lowest BCUT2D eigenvalue weighted by atomic mass is 10.7. The zero-order valence-electron chi connectivity index (χ0n) is 5.72. The summed E-state index contributed by atoms with van der Waals surface area (Å²) in [7, 11) is -2.37. The van der Waals surface area contributed by atoms with Gasteiger partial charge in [0.1, 0.15) is 0 Å². The Bertz CT molecular complexity index is 302. The van der Waals surface area contributed by atoms with E-state index in [0.29, 0.717) is 0 Å². The minimum Gasteiger partial charge on any atom is -0.368 e. The van der Waals surface area contributed by atoms with E-state index in [4.69, 9.17) is 11.5 Å². The van der Waals surface area contributed by atoms with Crippen molar-refractivity contribution in [1.82, 2.24) is 4.90 Å². The van der Waals surface area contributed by atoms with Crippen molar-refractivity contribution in [2.24, 2.45) is 20.3 Å². The van der Waals surface area contributed by atoms with Gasteiger partial charge in [0.05, 0.1) is 0 Å². The van der Waals surface area contributed by atoms with Gasteiger partial charge in [-0.3, -0.25) is 4.90 Å². The molecule has 1 aliphatic rings. The second kappa shape index (κ2) is 2.09. The first-order valence-corrected chi connectivity index (χ1v) is 4.01. The van der Waals surface area contributed by atoms with Crippen LogP contribution in [0.4, 0.5) is 0 Å². The first-order valence-electron chi connectivity index (χ1n) is 2.62. The summed E-state index contributed by atoms with van der Waals surface area (Å²) in [6.07, 6.45) is 0. The molecular weight excluding hydrogens is 170 g/mol. The van der Waals surface area contributed by atoms with Gasteiger partial charge in [0, 0.05) is 7.05 Å². The van der Waals surface area contributed by atoms with E-state index in [0.717, 1.165) is 0 Å². The van der Waals surface area contributed by atoms with Crippen LogP contribution in [-0.4, -0.2) is 32.3 Å². The van der Waals surface area contributed by atoms with Crippen LogP contribution in [0.3, 0.4) is 0 Å². The third kappa shape index (κ3) is 1.40. The summed E-state index contributed by atoms with van der Waals surface area (Å²) in [4.78, 5) is 1.17. The largest absolute Gasteiger partial charge is 0.369 e. The molecule has 0 aromatic rings. The van der Waals surface area contributed by atoms with E-state index in [2.05, 4.69) is 8.80 Å². The normalized spacial score (nSPS) is 22.5. The Morgan fingerprint density at radius 1 is 1.27 bits per heavy atom. The van der Waals surface area contributed by atoms with Crippen LogP contribution in [0.1, 0.15) is 0 Å². The van der Waals surface area contributed by atoms with Gasteiger partial charge >= 0.3 is 10.2 Å². The van der Waals surface area contributed by atoms with Gasteiger partial charge < -0.3 is 11.5 Å². The minimum atomic E-state index is -3.83. The molecule has 0 amide bonds. The molecule has 0 saturated heterocycles. The molecular formula is C3H7N5O2S. The Morgan fingerprint density at radius 2 is 1.64 bits per heavy atom. The molecule has 0 saturated carbocycles. The van der Waals surface area contributed by atoms with Crippen LogP contribution in [0.15, 0.2) is 8.80 Å². The summed E-state index contributed by atoms with van der Waals surface area (Å²) in [5.74, 6) is -0.366. The van der Waals surface area contributed by atoms with Crippen LogP contribution < -0.4 is 11.5 Å². The standard InChI is InChI=1S/C3H7N5O2S/c1-8-2(4)6-11(9,10)7-3(8)5/h1H3,(H2,4,6)(H2,5,7). The van der Waals surface area contributed by atoms with Crippen LogP contribution in [0.25, 0.3) is 0 Å². The number of hydrogen-bond acceptors (Lipinski definition) is 5. The SMILES string of the molecule is CN1C(N)=NS(=O)(=O)N=C1N. The Hall–Kier alpha value is -1.31. The lowest BCUT2D eigenvalue weighted by Crippen LogP contribution is -2.46. The number of hydrogen-bond donors (Lipinski definition) is 2. The molecule has 1 heterocycles. The van der Waals surface area contributed by atoms with E-state index in [9.17, 15) is 8.42 Å². The fourth-order valence-corrected chi connectivity index (χ4v) is 1.26. The summed E-state index contributed by atoms with van der Waals surface area (Å²) in [5.41, 5.74) is 10.4. The van der Waals surface area contributed by atoms with E-state index >= 15 is 0 Å². The summed E-state index contributed by atoms with van der Waals surface area (Å²) >= 11 is 0. The lowest BCUT2D eigenvalue weighted by molar-refractivity contribution is 0.593. The van der Waals surface area contributed by atoms with Gasteiger partial charge in [-0.25, -0.2) is 0 Å². The van der Waals surface area contributed by atoms with Gasteiger partial charge in [0.15, 0.2) is 0 Å². The average Bonchev–Trinajstić information content (AvgIpc) is 1.81. The van der Waals surface area contributed by atoms with E-state index in [1.54, 1.807) is 0 Å². The molecule has 0 atom stereocenters. The van der Waals surface area contributed by atoms with Crippen molar-refractivity contribution in [3.63, 3.8) is 0 Å². The molecule has 0 aliphatic carbocycles. The summed E-state index contributed by atoms with van der Waals surface area (Å²) in [6.45, 7) is 0. The maximum atomic E-state index is 10.7. The van der Waals surface area contributed by atoms with Gasteiger partial charge in [-0.2, -0.15) is 8.42 Å². The van der Waals surface area contributed by atoms with Crippen molar-refractivity contribution in [1.29, 1.82) is 0 Å². The van der Waals surface area contributed by atoms with E-state index < -0.39 is 10.2 Å². The molecule has 0 spiro atoms. The molecule has 4 N–H and O–H groups in total. The Balaban J connectivity index is 3.19. The predicted molar refractivity (Wildman–Crippen MR) is 39.9 cm³/mol. The molecule has 1 aliphatic heterocycles. The summed E-state index contributed by atoms with van der Waals surface area (Å²) < 4.78 is 27.5. The van der Waals surface area contributed by atoms with Gasteiger partial charge in [0.2, 0.25) is 11.9 Å². The first kappa shape index (κ1) is 7.79. The molecule has 0 aromatic heterocycles. The zero-order chi connectivity index (χ0) is 8.65. The van der Waals surface area contributed by atoms with Crippen molar-refractivity contribution < 1.29 is 8.42 Å². The van der Waals surface area contributed by atoms with Crippen LogP contribution in [0, 0.1) is 0 Å². The lowest BCUT2D eigenvalue weighted by Gasteiger charge is -2.18. The fourth-order valence-electron chi connectivity index (χ4n) is 0.497. The van der Waals surface area contributed by atoms with Gasteiger partial charge in [0.25, 0.3) is 0 Å². The second-order valence-corrected chi connectivity index (χ2v) is 3.17. The maximum Gasteiger partial charge on any atom is 0.369 e. The number of nitrogens with zero attached hydrogens (tertiary/aromatic N) is 3. The third-order valence-corrected chi connectivity index (χ3v) is 1.94. The zero-order valence-corrected chi connectivity index (χ0v) is 6.54. The van der Waals surface area contributed by atoms with Crippen molar-refractivity contribution in [2.45, 2.75) is 0 Å². The quantitative estimate of drug-likeness (QED) is 0.436. The Kier molecular flexibility index (Phi) is 1.48. The van der Waals surface area contributed by atoms with Crippen LogP contribution >= 0.6 is 0 Å². The van der Waals surface area contributed by atoms with E-state index in [1.807, 2.05) is 0 Å². The average molecular weight is 177 g/mol. The topological polar surface area (TPSA) is 114 Å². The molecule has 1 rings (SSSR count). The van der Waals surface area contributed by atoms with Crippen molar-refractivity contribution >= 4 is 22.1 Å². The first-order chi connectivity index (χ1) is 4.92. The molecule has 8 heteroatoms. The van der Waals surface area contributed by atoms with Crippen LogP contribution in [0.2, 0.25) is 0 Å². The highest BCUT2D eigenvalue weighted by molar-refractivity contribution is 7.89. The monoisotopic (exact) mass is 177 g/mol. The Labute approximate surface area is 63.6 Å². The molecule has 0 radical (unpaired) electrons. The van der Waals surface area contributed by atoms with Crippen molar-refractivity contribution in [3.8, 4) is 0 Å². The summed E-state index contributed by atoms with van der Waals surface area (Å²) in [6, 6.07) is 0. The fraction of sp³-hybridized carbons (Fsp3) is 0.333. The molecule has 0 unspecified atom stereocenters. The highest BCUT2D eigenvalue weighted by Crippen LogP contribution is 2.01. The predicted octanol–water partition coefficient (Wildman–Crippen LogP) is -2.19. The van der Waals surface area contributed by atoms with Gasteiger partial charge in [-0.15, -0.1) is 8.80 Å². The number of nitrogens with two attached hydrogens (primary N) is 2. The van der Waals surface area contributed by atoms with Crippen molar-refractivity contribution in [2.75, 3.05) is 7.05 Å². The van der Waals surface area contributed by atoms with Gasteiger partial charge in [-0.05, 0) is 0 Å². The molecule has 11 heavy (non-hydrogen) atoms. The third-order valence-electron chi connectivity index (χ3n) is 1.11. The molecule has 0 aromatic carbocycles. The Morgan fingerprint density at radius 3 is 2.00 bits per heavy atom. The smallest absolute Gasteiger partial charge is 0.368 e. The highest BCUT2D eigenvalue weighted by Gasteiger charge is 2.19. The van der Waals surface area contributed by atoms with Crippen LogP contribution in [-0.2, 0) is 10.2 Å². The number of rotatable bonds is 0. The van der Waals surface area contributed by atoms with E-state index in [1.165, 1.54) is 11.9 Å².